The molecule has 1 saturated heterocycles. The highest BCUT2D eigenvalue weighted by atomic mass is 16.4. The summed E-state index contributed by atoms with van der Waals surface area (Å²) in [4.78, 5) is 13.5. The Hall–Kier alpha value is -0.610. The number of piperidine rings is 1. The quantitative estimate of drug-likeness (QED) is 0.765. The lowest BCUT2D eigenvalue weighted by Gasteiger charge is -2.38. The van der Waals surface area contributed by atoms with Crippen LogP contribution in [0.2, 0.25) is 0 Å². The molecule has 4 heteroatoms. The summed E-state index contributed by atoms with van der Waals surface area (Å²) in [6, 6.07) is 0. The predicted octanol–water partition coefficient (Wildman–Crippen LogP) is 1.42. The molecule has 17 heavy (non-hydrogen) atoms. The van der Waals surface area contributed by atoms with Gasteiger partial charge < -0.3 is 15.3 Å². The van der Waals surface area contributed by atoms with E-state index in [1.165, 1.54) is 12.8 Å². The van der Waals surface area contributed by atoms with Gasteiger partial charge in [0.1, 0.15) is 5.54 Å². The summed E-state index contributed by atoms with van der Waals surface area (Å²) >= 11 is 0. The van der Waals surface area contributed by atoms with E-state index in [1.807, 2.05) is 0 Å². The number of aliphatic carboxylic acids is 1. The number of likely N-dealkylation sites (tertiary alicyclic amines) is 1. The van der Waals surface area contributed by atoms with Crippen LogP contribution in [0.15, 0.2) is 0 Å². The molecule has 1 aliphatic heterocycles. The Balaban J connectivity index is 2.47. The van der Waals surface area contributed by atoms with Crippen molar-refractivity contribution < 1.29 is 9.90 Å². The zero-order valence-corrected chi connectivity index (χ0v) is 11.5. The van der Waals surface area contributed by atoms with Crippen LogP contribution in [0.5, 0.6) is 0 Å². The molecule has 1 fully saturated rings. The summed E-state index contributed by atoms with van der Waals surface area (Å²) in [5.74, 6) is 0.773. The topological polar surface area (TPSA) is 52.6 Å². The van der Waals surface area contributed by atoms with E-state index in [9.17, 15) is 9.90 Å². The van der Waals surface area contributed by atoms with Crippen molar-refractivity contribution in [1.82, 2.24) is 10.2 Å². The van der Waals surface area contributed by atoms with E-state index in [4.69, 9.17) is 0 Å². The van der Waals surface area contributed by atoms with Crippen LogP contribution in [0.3, 0.4) is 0 Å². The molecule has 1 heterocycles. The minimum atomic E-state index is -0.829. The Kier molecular flexibility index (Phi) is 4.95. The maximum absolute atomic E-state index is 11.2. The van der Waals surface area contributed by atoms with Gasteiger partial charge in [-0.05, 0) is 51.7 Å². The number of carbonyl (C=O) groups is 1. The van der Waals surface area contributed by atoms with Gasteiger partial charge in [-0.15, -0.1) is 0 Å². The maximum Gasteiger partial charge on any atom is 0.324 e. The van der Waals surface area contributed by atoms with Crippen molar-refractivity contribution in [3.63, 3.8) is 0 Å². The Morgan fingerprint density at radius 1 is 1.47 bits per heavy atom. The van der Waals surface area contributed by atoms with E-state index >= 15 is 0 Å². The molecular weight excluding hydrogens is 216 g/mol. The van der Waals surface area contributed by atoms with E-state index in [2.05, 4.69) is 24.1 Å². The lowest BCUT2D eigenvalue weighted by molar-refractivity contribution is -0.145. The molecule has 0 bridgehead atoms. The highest BCUT2D eigenvalue weighted by Crippen LogP contribution is 2.25. The second-order valence-electron chi connectivity index (χ2n) is 5.74. The molecule has 2 N–H and O–H groups in total. The molecule has 0 saturated carbocycles. The third kappa shape index (κ3) is 3.68. The van der Waals surface area contributed by atoms with Gasteiger partial charge in [0.2, 0.25) is 0 Å². The number of rotatable bonds is 5. The average molecular weight is 242 g/mol. The minimum Gasteiger partial charge on any atom is -0.480 e. The number of nitrogens with zero attached hydrogens (tertiary/aromatic N) is 1. The van der Waals surface area contributed by atoms with Crippen LogP contribution >= 0.6 is 0 Å². The summed E-state index contributed by atoms with van der Waals surface area (Å²) in [6.07, 6.45) is 2.38. The lowest BCUT2D eigenvalue weighted by atomic mass is 9.86. The summed E-state index contributed by atoms with van der Waals surface area (Å²) < 4.78 is 0. The fraction of sp³-hybridized carbons (Fsp3) is 0.923. The molecule has 0 radical (unpaired) electrons. The minimum absolute atomic E-state index is 0.587. The fourth-order valence-electron chi connectivity index (χ4n) is 2.48. The molecular formula is C13H26N2O2. The van der Waals surface area contributed by atoms with E-state index in [-0.39, 0.29) is 0 Å². The molecule has 1 unspecified atom stereocenters. The molecule has 0 aromatic heterocycles. The largest absolute Gasteiger partial charge is 0.480 e. The fourth-order valence-corrected chi connectivity index (χ4v) is 2.48. The van der Waals surface area contributed by atoms with Crippen molar-refractivity contribution in [2.24, 2.45) is 11.8 Å². The average Bonchev–Trinajstić information content (AvgIpc) is 2.29. The number of likely N-dealkylation sites (N-methyl/N-ethyl adjacent to an activating group) is 1. The molecule has 0 amide bonds. The van der Waals surface area contributed by atoms with Crippen LogP contribution < -0.4 is 5.32 Å². The van der Waals surface area contributed by atoms with Crippen molar-refractivity contribution in [2.45, 2.75) is 39.2 Å². The monoisotopic (exact) mass is 242 g/mol. The Morgan fingerprint density at radius 2 is 2.00 bits per heavy atom. The van der Waals surface area contributed by atoms with Crippen LogP contribution in [0.1, 0.15) is 33.6 Å². The summed E-state index contributed by atoms with van der Waals surface area (Å²) in [5, 5.41) is 12.1. The van der Waals surface area contributed by atoms with Crippen molar-refractivity contribution in [2.75, 3.05) is 26.7 Å². The molecule has 0 aromatic rings. The highest BCUT2D eigenvalue weighted by molar-refractivity contribution is 5.78. The van der Waals surface area contributed by atoms with Gasteiger partial charge in [-0.3, -0.25) is 4.79 Å². The molecule has 1 rings (SSSR count). The predicted molar refractivity (Wildman–Crippen MR) is 69.1 cm³/mol. The summed E-state index contributed by atoms with van der Waals surface area (Å²) in [6.45, 7) is 8.93. The number of hydrogen-bond acceptors (Lipinski definition) is 3. The molecule has 1 aliphatic rings. The van der Waals surface area contributed by atoms with E-state index in [0.29, 0.717) is 6.54 Å². The van der Waals surface area contributed by atoms with Crippen molar-refractivity contribution in [3.05, 3.63) is 0 Å². The summed E-state index contributed by atoms with van der Waals surface area (Å²) in [7, 11) is 1.72. The first-order chi connectivity index (χ1) is 7.89. The van der Waals surface area contributed by atoms with Crippen molar-refractivity contribution in [3.8, 4) is 0 Å². The Bertz CT molecular complexity index is 260. The first-order valence-electron chi connectivity index (χ1n) is 6.53. The van der Waals surface area contributed by atoms with Gasteiger partial charge in [-0.1, -0.05) is 13.8 Å². The number of carboxylic acid groups (broad SMARTS) is 1. The highest BCUT2D eigenvalue weighted by Gasteiger charge is 2.34. The second kappa shape index (κ2) is 5.83. The first-order valence-corrected chi connectivity index (χ1v) is 6.53. The van der Waals surface area contributed by atoms with Gasteiger partial charge in [-0.25, -0.2) is 0 Å². The lowest BCUT2D eigenvalue weighted by Crippen LogP contribution is -2.56. The van der Waals surface area contributed by atoms with Gasteiger partial charge in [0.25, 0.3) is 0 Å². The number of nitrogens with one attached hydrogen (secondary N) is 1. The zero-order valence-electron chi connectivity index (χ0n) is 11.5. The Morgan fingerprint density at radius 3 is 2.35 bits per heavy atom. The third-order valence-electron chi connectivity index (χ3n) is 4.14. The standard InChI is InChI=1S/C13H26N2O2/c1-10(2)11-5-7-15(8-6-11)9-13(3,14-4)12(16)17/h10-11,14H,5-9H2,1-4H3,(H,16,17). The van der Waals surface area contributed by atoms with E-state index in [0.717, 1.165) is 24.9 Å². The van der Waals surface area contributed by atoms with Gasteiger partial charge in [0.15, 0.2) is 0 Å². The van der Waals surface area contributed by atoms with Crippen LogP contribution in [-0.2, 0) is 4.79 Å². The van der Waals surface area contributed by atoms with Crippen LogP contribution in [0, 0.1) is 11.8 Å². The Labute approximate surface area is 104 Å². The number of hydrogen-bond donors (Lipinski definition) is 2. The van der Waals surface area contributed by atoms with Crippen LogP contribution in [0.25, 0.3) is 0 Å². The first kappa shape index (κ1) is 14.5. The number of carboxylic acids is 1. The molecule has 100 valence electrons. The van der Waals surface area contributed by atoms with Crippen molar-refractivity contribution >= 4 is 5.97 Å². The summed E-state index contributed by atoms with van der Waals surface area (Å²) in [5.41, 5.74) is -0.829. The van der Waals surface area contributed by atoms with E-state index in [1.54, 1.807) is 14.0 Å². The van der Waals surface area contributed by atoms with E-state index < -0.39 is 11.5 Å². The molecule has 1 atom stereocenters. The van der Waals surface area contributed by atoms with Crippen LogP contribution in [-0.4, -0.2) is 48.2 Å². The van der Waals surface area contributed by atoms with Gasteiger partial charge in [0, 0.05) is 6.54 Å². The van der Waals surface area contributed by atoms with Crippen LogP contribution in [0.4, 0.5) is 0 Å². The third-order valence-corrected chi connectivity index (χ3v) is 4.14. The zero-order chi connectivity index (χ0) is 13.1. The molecule has 0 aliphatic carbocycles. The molecule has 0 spiro atoms. The normalized spacial score (nSPS) is 22.6. The van der Waals surface area contributed by atoms with Gasteiger partial charge in [0.05, 0.1) is 0 Å². The maximum atomic E-state index is 11.2. The van der Waals surface area contributed by atoms with Crippen molar-refractivity contribution in [1.29, 1.82) is 0 Å². The molecule has 4 nitrogen and oxygen atoms in total. The van der Waals surface area contributed by atoms with Gasteiger partial charge in [-0.2, -0.15) is 0 Å². The van der Waals surface area contributed by atoms with Gasteiger partial charge >= 0.3 is 5.97 Å². The molecule has 0 aromatic carbocycles. The SMILES string of the molecule is CNC(C)(CN1CCC(C(C)C)CC1)C(=O)O. The second-order valence-corrected chi connectivity index (χ2v) is 5.74. The smallest absolute Gasteiger partial charge is 0.324 e.